The van der Waals surface area contributed by atoms with E-state index in [2.05, 4.69) is 40.5 Å². The van der Waals surface area contributed by atoms with Gasteiger partial charge >= 0.3 is 0 Å². The number of hydrogen-bond acceptors (Lipinski definition) is 6. The molecule has 1 saturated carbocycles. The Balaban J connectivity index is 1.54. The Labute approximate surface area is 273 Å². The predicted octanol–water partition coefficient (Wildman–Crippen LogP) is 6.42. The SMILES string of the molecule is CC#CC[C@](O)(/C=C/CC)[C@@H]1CC[C@H]1CN1C[C@@]2(CCCc3cc(Cl)ccc32)COc2ccc(C(=O)NS(=O)(=O)C(C)C)cc21. The summed E-state index contributed by atoms with van der Waals surface area (Å²) in [4.78, 5) is 15.5. The summed E-state index contributed by atoms with van der Waals surface area (Å²) < 4.78 is 33.8. The van der Waals surface area contributed by atoms with E-state index in [1.54, 1.807) is 25.1 Å². The number of fused-ring (bicyclic) bond motifs is 3. The van der Waals surface area contributed by atoms with Crippen LogP contribution in [0, 0.1) is 23.7 Å². The molecular formula is C36H45ClN2O5S. The summed E-state index contributed by atoms with van der Waals surface area (Å²) in [6, 6.07) is 11.3. The smallest absolute Gasteiger partial charge is 0.264 e. The lowest BCUT2D eigenvalue weighted by atomic mass is 9.63. The van der Waals surface area contributed by atoms with Crippen LogP contribution in [-0.2, 0) is 21.9 Å². The van der Waals surface area contributed by atoms with Gasteiger partial charge in [0.05, 0.1) is 23.1 Å². The molecule has 1 fully saturated rings. The first-order valence-corrected chi connectivity index (χ1v) is 18.0. The van der Waals surface area contributed by atoms with E-state index in [9.17, 15) is 18.3 Å². The van der Waals surface area contributed by atoms with Gasteiger partial charge in [-0.05, 0) is 113 Å². The molecule has 1 amide bonds. The minimum atomic E-state index is -3.80. The van der Waals surface area contributed by atoms with Crippen molar-refractivity contribution in [2.75, 3.05) is 24.6 Å². The second-order valence-corrected chi connectivity index (χ2v) is 15.8. The fourth-order valence-corrected chi connectivity index (χ4v) is 7.96. The van der Waals surface area contributed by atoms with Crippen LogP contribution in [-0.4, -0.2) is 50.0 Å². The first-order valence-electron chi connectivity index (χ1n) is 16.1. The van der Waals surface area contributed by atoms with E-state index in [4.69, 9.17) is 16.3 Å². The molecule has 2 aromatic rings. The number of carbonyl (C=O) groups excluding carboxylic acids is 1. The lowest BCUT2D eigenvalue weighted by molar-refractivity contribution is -0.0414. The number of halogens is 1. The van der Waals surface area contributed by atoms with Crippen LogP contribution in [0.1, 0.15) is 87.7 Å². The highest BCUT2D eigenvalue weighted by atomic mass is 35.5. The van der Waals surface area contributed by atoms with Crippen LogP contribution in [0.15, 0.2) is 48.6 Å². The van der Waals surface area contributed by atoms with Gasteiger partial charge in [0.2, 0.25) is 10.0 Å². The zero-order chi connectivity index (χ0) is 32.4. The second-order valence-electron chi connectivity index (χ2n) is 13.2. The normalized spacial score (nSPS) is 24.0. The number of rotatable bonds is 9. The van der Waals surface area contributed by atoms with Crippen LogP contribution in [0.5, 0.6) is 5.75 Å². The van der Waals surface area contributed by atoms with Gasteiger partial charge in [0, 0.05) is 35.5 Å². The quantitative estimate of drug-likeness (QED) is 0.240. The maximum atomic E-state index is 13.2. The third-order valence-corrected chi connectivity index (χ3v) is 11.8. The predicted molar refractivity (Wildman–Crippen MR) is 180 cm³/mol. The first kappa shape index (κ1) is 33.4. The molecule has 1 heterocycles. The van der Waals surface area contributed by atoms with Crippen LogP contribution in [0.2, 0.25) is 5.02 Å². The van der Waals surface area contributed by atoms with Gasteiger partial charge in [-0.2, -0.15) is 0 Å². The van der Waals surface area contributed by atoms with Crippen molar-refractivity contribution in [1.82, 2.24) is 4.72 Å². The number of hydrogen-bond donors (Lipinski definition) is 2. The number of anilines is 1. The molecule has 242 valence electrons. The molecule has 0 radical (unpaired) electrons. The van der Waals surface area contributed by atoms with Crippen LogP contribution in [0.3, 0.4) is 0 Å². The van der Waals surface area contributed by atoms with E-state index in [0.29, 0.717) is 31.9 Å². The Morgan fingerprint density at radius 3 is 2.76 bits per heavy atom. The summed E-state index contributed by atoms with van der Waals surface area (Å²) in [7, 11) is -3.80. The molecule has 5 rings (SSSR count). The molecule has 0 bridgehead atoms. The maximum absolute atomic E-state index is 13.2. The Kier molecular flexibility index (Phi) is 9.93. The third-order valence-electron chi connectivity index (χ3n) is 9.86. The molecule has 2 N–H and O–H groups in total. The van der Waals surface area contributed by atoms with Crippen molar-refractivity contribution in [2.24, 2.45) is 11.8 Å². The Morgan fingerprint density at radius 2 is 2.07 bits per heavy atom. The number of ether oxygens (including phenoxy) is 1. The number of benzene rings is 2. The fraction of sp³-hybridized carbons (Fsp3) is 0.528. The molecule has 9 heteroatoms. The number of nitrogens with one attached hydrogen (secondary N) is 1. The highest BCUT2D eigenvalue weighted by Crippen LogP contribution is 2.48. The van der Waals surface area contributed by atoms with Crippen molar-refractivity contribution in [3.8, 4) is 17.6 Å². The third kappa shape index (κ3) is 6.91. The lowest BCUT2D eigenvalue weighted by Gasteiger charge is -2.48. The fourth-order valence-electron chi connectivity index (χ4n) is 7.16. The molecule has 4 atom stereocenters. The van der Waals surface area contributed by atoms with Crippen LogP contribution >= 0.6 is 11.6 Å². The van der Waals surface area contributed by atoms with Crippen LogP contribution in [0.4, 0.5) is 5.69 Å². The van der Waals surface area contributed by atoms with Gasteiger partial charge < -0.3 is 14.7 Å². The molecule has 1 aliphatic heterocycles. The summed E-state index contributed by atoms with van der Waals surface area (Å²) in [6.45, 7) is 8.72. The summed E-state index contributed by atoms with van der Waals surface area (Å²) in [5.74, 6) is 6.28. The van der Waals surface area contributed by atoms with E-state index >= 15 is 0 Å². The number of sulfonamides is 1. The van der Waals surface area contributed by atoms with Crippen molar-refractivity contribution < 1.29 is 23.1 Å². The van der Waals surface area contributed by atoms with Gasteiger partial charge in [-0.1, -0.05) is 36.7 Å². The zero-order valence-corrected chi connectivity index (χ0v) is 28.3. The highest BCUT2D eigenvalue weighted by molar-refractivity contribution is 7.90. The summed E-state index contributed by atoms with van der Waals surface area (Å²) in [5.41, 5.74) is 2.17. The lowest BCUT2D eigenvalue weighted by Crippen LogP contribution is -2.52. The Morgan fingerprint density at radius 1 is 1.27 bits per heavy atom. The molecule has 3 aliphatic rings. The molecule has 0 aromatic heterocycles. The Hall–Kier alpha value is -2.99. The van der Waals surface area contributed by atoms with E-state index in [0.717, 1.165) is 49.2 Å². The summed E-state index contributed by atoms with van der Waals surface area (Å²) in [5, 5.41) is 11.8. The van der Waals surface area contributed by atoms with Crippen molar-refractivity contribution in [2.45, 2.75) is 88.9 Å². The van der Waals surface area contributed by atoms with Gasteiger partial charge in [0.1, 0.15) is 5.75 Å². The van der Waals surface area contributed by atoms with Crippen molar-refractivity contribution in [3.63, 3.8) is 0 Å². The largest absolute Gasteiger partial charge is 0.490 e. The monoisotopic (exact) mass is 652 g/mol. The molecule has 0 unspecified atom stereocenters. The number of carbonyl (C=O) groups is 1. The van der Waals surface area contributed by atoms with Gasteiger partial charge in [-0.15, -0.1) is 11.8 Å². The topological polar surface area (TPSA) is 95.9 Å². The number of aryl methyl sites for hydroxylation is 1. The number of nitrogens with zero attached hydrogens (tertiary/aromatic N) is 1. The minimum absolute atomic E-state index is 0.0323. The van der Waals surface area contributed by atoms with Crippen LogP contribution in [0.25, 0.3) is 0 Å². The Bertz CT molecular complexity index is 1630. The van der Waals surface area contributed by atoms with Gasteiger partial charge in [-0.25, -0.2) is 13.1 Å². The summed E-state index contributed by atoms with van der Waals surface area (Å²) in [6.07, 6.45) is 9.95. The molecule has 1 spiro atoms. The second kappa shape index (κ2) is 13.4. The number of allylic oxidation sites excluding steroid dienone is 1. The average Bonchev–Trinajstić information content (AvgIpc) is 3.13. The molecule has 45 heavy (non-hydrogen) atoms. The standard InChI is InChI=1S/C36H45ClN2O5S/c1-5-7-18-36(41,19-8-6-2)31-14-11-28(31)22-39-23-35(17-9-10-26-20-29(37)13-15-30(26)35)24-44-33-16-12-27(21-32(33)39)34(40)38-45(42,43)25(3)4/h7,12-13,15-16,18,20-21,25,28,31,41H,5,9-11,14,17,19,22-24H2,1-4H3,(H,38,40)/b18-7+/t28-,31+,35-,36+/m0/s1. The van der Waals surface area contributed by atoms with E-state index in [-0.39, 0.29) is 22.8 Å². The minimum Gasteiger partial charge on any atom is -0.490 e. The van der Waals surface area contributed by atoms with Crippen LogP contribution < -0.4 is 14.4 Å². The van der Waals surface area contributed by atoms with Gasteiger partial charge in [0.15, 0.2) is 0 Å². The van der Waals surface area contributed by atoms with E-state index in [1.165, 1.54) is 25.0 Å². The van der Waals surface area contributed by atoms with E-state index < -0.39 is 26.8 Å². The molecular weight excluding hydrogens is 608 g/mol. The number of aliphatic hydroxyl groups is 1. The average molecular weight is 653 g/mol. The molecule has 2 aliphatic carbocycles. The van der Waals surface area contributed by atoms with Gasteiger partial charge in [-0.3, -0.25) is 4.79 Å². The molecule has 7 nitrogen and oxygen atoms in total. The first-order chi connectivity index (χ1) is 21.4. The zero-order valence-electron chi connectivity index (χ0n) is 26.7. The highest BCUT2D eigenvalue weighted by Gasteiger charge is 2.47. The van der Waals surface area contributed by atoms with Crippen molar-refractivity contribution >= 4 is 33.2 Å². The van der Waals surface area contributed by atoms with Gasteiger partial charge in [0.25, 0.3) is 5.91 Å². The van der Waals surface area contributed by atoms with Crippen molar-refractivity contribution in [3.05, 3.63) is 70.3 Å². The summed E-state index contributed by atoms with van der Waals surface area (Å²) >= 11 is 6.42. The maximum Gasteiger partial charge on any atom is 0.264 e. The number of amides is 1. The molecule has 2 aromatic carbocycles. The van der Waals surface area contributed by atoms with E-state index in [1.807, 2.05) is 18.2 Å². The van der Waals surface area contributed by atoms with Crippen molar-refractivity contribution in [1.29, 1.82) is 0 Å². The molecule has 0 saturated heterocycles.